The Morgan fingerprint density at radius 3 is 2.55 bits per heavy atom. The number of pyridine rings is 1. The molecule has 0 spiro atoms. The van der Waals surface area contributed by atoms with Gasteiger partial charge in [-0.15, -0.1) is 0 Å². The van der Waals surface area contributed by atoms with Crippen molar-refractivity contribution in [2.75, 3.05) is 5.73 Å². The van der Waals surface area contributed by atoms with Gasteiger partial charge in [0.05, 0.1) is 0 Å². The molecular weight excluding hydrogens is 252 g/mol. The minimum atomic E-state index is -0.122. The molecule has 4 heteroatoms. The topological polar surface area (TPSA) is 76.2 Å². The van der Waals surface area contributed by atoms with E-state index >= 15 is 0 Å². The first kappa shape index (κ1) is 12.2. The number of aromatic nitrogens is 1. The lowest BCUT2D eigenvalue weighted by molar-refractivity contribution is 0.104. The zero-order chi connectivity index (χ0) is 14.1. The fourth-order valence-electron chi connectivity index (χ4n) is 2.15. The van der Waals surface area contributed by atoms with E-state index in [1.807, 2.05) is 0 Å². The number of anilines is 1. The summed E-state index contributed by atoms with van der Waals surface area (Å²) < 4.78 is 0. The first-order valence-electron chi connectivity index (χ1n) is 6.14. The molecule has 4 nitrogen and oxygen atoms in total. The molecule has 98 valence electrons. The number of nitrogens with zero attached hydrogens (tertiary/aromatic N) is 1. The van der Waals surface area contributed by atoms with Gasteiger partial charge in [-0.25, -0.2) is 0 Å². The largest absolute Gasteiger partial charge is 0.506 e. The van der Waals surface area contributed by atoms with Crippen LogP contribution in [0.25, 0.3) is 10.9 Å². The second kappa shape index (κ2) is 4.66. The molecule has 3 N–H and O–H groups in total. The number of phenols is 1. The van der Waals surface area contributed by atoms with Crippen LogP contribution >= 0.6 is 0 Å². The molecule has 2 aromatic carbocycles. The van der Waals surface area contributed by atoms with Crippen LogP contribution in [0.15, 0.2) is 54.7 Å². The highest BCUT2D eigenvalue weighted by molar-refractivity contribution is 6.16. The molecule has 0 atom stereocenters. The van der Waals surface area contributed by atoms with Gasteiger partial charge in [-0.05, 0) is 42.5 Å². The van der Waals surface area contributed by atoms with Crippen molar-refractivity contribution in [2.45, 2.75) is 0 Å². The molecule has 3 aromatic rings. The third-order valence-corrected chi connectivity index (χ3v) is 3.17. The number of aromatic hydroxyl groups is 1. The number of carbonyl (C=O) groups excluding carboxylic acids is 1. The van der Waals surface area contributed by atoms with Crippen LogP contribution in [0.5, 0.6) is 5.75 Å². The van der Waals surface area contributed by atoms with Crippen molar-refractivity contribution in [2.24, 2.45) is 0 Å². The molecule has 1 aromatic heterocycles. The monoisotopic (exact) mass is 264 g/mol. The molecule has 0 saturated carbocycles. The van der Waals surface area contributed by atoms with Gasteiger partial charge in [0.15, 0.2) is 5.78 Å². The van der Waals surface area contributed by atoms with Crippen LogP contribution < -0.4 is 5.73 Å². The molecule has 0 aliphatic rings. The van der Waals surface area contributed by atoms with Gasteiger partial charge in [0, 0.05) is 28.4 Å². The van der Waals surface area contributed by atoms with Gasteiger partial charge >= 0.3 is 0 Å². The van der Waals surface area contributed by atoms with Gasteiger partial charge in [0.2, 0.25) is 0 Å². The number of carbonyl (C=O) groups is 1. The smallest absolute Gasteiger partial charge is 0.193 e. The van der Waals surface area contributed by atoms with Crippen molar-refractivity contribution < 1.29 is 9.90 Å². The highest BCUT2D eigenvalue weighted by Crippen LogP contribution is 2.27. The molecule has 0 saturated heterocycles. The molecule has 0 radical (unpaired) electrons. The molecule has 0 bridgehead atoms. The van der Waals surface area contributed by atoms with Crippen LogP contribution in [0.3, 0.4) is 0 Å². The maximum atomic E-state index is 12.5. The number of phenolic OH excluding ortho intramolecular Hbond substituents is 1. The summed E-state index contributed by atoms with van der Waals surface area (Å²) in [5.74, 6) is -0.0579. The van der Waals surface area contributed by atoms with Crippen molar-refractivity contribution in [3.63, 3.8) is 0 Å². The number of rotatable bonds is 2. The number of ketones is 1. The van der Waals surface area contributed by atoms with Gasteiger partial charge in [-0.2, -0.15) is 0 Å². The van der Waals surface area contributed by atoms with E-state index in [-0.39, 0.29) is 11.5 Å². The Bertz CT molecular complexity index is 795. The molecule has 3 rings (SSSR count). The third-order valence-electron chi connectivity index (χ3n) is 3.17. The van der Waals surface area contributed by atoms with Crippen LogP contribution in [0.4, 0.5) is 5.69 Å². The fourth-order valence-corrected chi connectivity index (χ4v) is 2.15. The van der Waals surface area contributed by atoms with Crippen molar-refractivity contribution in [3.8, 4) is 5.75 Å². The summed E-state index contributed by atoms with van der Waals surface area (Å²) >= 11 is 0. The van der Waals surface area contributed by atoms with Gasteiger partial charge in [0.1, 0.15) is 11.3 Å². The molecule has 0 aliphatic heterocycles. The summed E-state index contributed by atoms with van der Waals surface area (Å²) in [7, 11) is 0. The SMILES string of the molecule is Nc1ccc(C(=O)c2ccc(O)c3ncccc23)cc1. The summed E-state index contributed by atoms with van der Waals surface area (Å²) in [6, 6.07) is 13.4. The zero-order valence-electron chi connectivity index (χ0n) is 10.6. The van der Waals surface area contributed by atoms with E-state index in [1.165, 1.54) is 6.07 Å². The van der Waals surface area contributed by atoms with E-state index < -0.39 is 0 Å². The lowest BCUT2D eigenvalue weighted by Crippen LogP contribution is -2.02. The van der Waals surface area contributed by atoms with E-state index in [2.05, 4.69) is 4.98 Å². The Hall–Kier alpha value is -2.88. The molecule has 0 aliphatic carbocycles. The van der Waals surface area contributed by atoms with Crippen LogP contribution in [-0.2, 0) is 0 Å². The Kier molecular flexibility index (Phi) is 2.84. The molecule has 20 heavy (non-hydrogen) atoms. The number of nitrogens with two attached hydrogens (primary N) is 1. The average molecular weight is 264 g/mol. The zero-order valence-corrected chi connectivity index (χ0v) is 10.6. The van der Waals surface area contributed by atoms with Gasteiger partial charge < -0.3 is 10.8 Å². The van der Waals surface area contributed by atoms with Crippen LogP contribution in [0, 0.1) is 0 Å². The second-order valence-electron chi connectivity index (χ2n) is 4.48. The highest BCUT2D eigenvalue weighted by atomic mass is 16.3. The first-order valence-corrected chi connectivity index (χ1v) is 6.14. The number of benzene rings is 2. The third kappa shape index (κ3) is 1.97. The van der Waals surface area contributed by atoms with Gasteiger partial charge in [-0.3, -0.25) is 9.78 Å². The van der Waals surface area contributed by atoms with Gasteiger partial charge in [-0.1, -0.05) is 6.07 Å². The second-order valence-corrected chi connectivity index (χ2v) is 4.48. The molecule has 0 amide bonds. The Morgan fingerprint density at radius 1 is 1.05 bits per heavy atom. The quantitative estimate of drug-likeness (QED) is 0.551. The Morgan fingerprint density at radius 2 is 1.80 bits per heavy atom. The summed E-state index contributed by atoms with van der Waals surface area (Å²) in [6.07, 6.45) is 1.58. The number of hydrogen-bond acceptors (Lipinski definition) is 4. The predicted molar refractivity (Wildman–Crippen MR) is 77.7 cm³/mol. The summed E-state index contributed by atoms with van der Waals surface area (Å²) in [6.45, 7) is 0. The maximum Gasteiger partial charge on any atom is 0.193 e. The Labute approximate surface area is 115 Å². The standard InChI is InChI=1S/C16H12N2O2/c17-11-5-3-10(4-6-11)16(20)13-7-8-14(19)15-12(13)2-1-9-18-15/h1-9,19H,17H2. The first-order chi connectivity index (χ1) is 9.66. The van der Waals surface area contributed by atoms with E-state index in [0.717, 1.165) is 0 Å². The van der Waals surface area contributed by atoms with Crippen LogP contribution in [-0.4, -0.2) is 15.9 Å². The fraction of sp³-hybridized carbons (Fsp3) is 0. The minimum absolute atomic E-state index is 0.0643. The van der Waals surface area contributed by atoms with Crippen molar-refractivity contribution in [1.29, 1.82) is 0 Å². The summed E-state index contributed by atoms with van der Waals surface area (Å²) in [5.41, 5.74) is 7.72. The molecule has 0 unspecified atom stereocenters. The maximum absolute atomic E-state index is 12.5. The highest BCUT2D eigenvalue weighted by Gasteiger charge is 2.14. The summed E-state index contributed by atoms with van der Waals surface area (Å²) in [4.78, 5) is 16.6. The minimum Gasteiger partial charge on any atom is -0.506 e. The Balaban J connectivity index is 2.17. The van der Waals surface area contributed by atoms with Crippen LogP contribution in [0.1, 0.15) is 15.9 Å². The lowest BCUT2D eigenvalue weighted by Gasteiger charge is -2.07. The van der Waals surface area contributed by atoms with Crippen molar-refractivity contribution in [3.05, 3.63) is 65.9 Å². The lowest BCUT2D eigenvalue weighted by atomic mass is 9.98. The van der Waals surface area contributed by atoms with E-state index in [1.54, 1.807) is 48.7 Å². The van der Waals surface area contributed by atoms with Crippen molar-refractivity contribution in [1.82, 2.24) is 4.98 Å². The van der Waals surface area contributed by atoms with E-state index in [9.17, 15) is 9.90 Å². The van der Waals surface area contributed by atoms with Crippen LogP contribution in [0.2, 0.25) is 0 Å². The number of hydrogen-bond donors (Lipinski definition) is 2. The molecule has 0 fully saturated rings. The normalized spacial score (nSPS) is 10.6. The molecular formula is C16H12N2O2. The molecule has 1 heterocycles. The van der Waals surface area contributed by atoms with E-state index in [4.69, 9.17) is 5.73 Å². The number of fused-ring (bicyclic) bond motifs is 1. The van der Waals surface area contributed by atoms with Gasteiger partial charge in [0.25, 0.3) is 0 Å². The van der Waals surface area contributed by atoms with E-state index in [0.29, 0.717) is 27.7 Å². The average Bonchev–Trinajstić information content (AvgIpc) is 2.48. The van der Waals surface area contributed by atoms with Crippen molar-refractivity contribution >= 4 is 22.4 Å². The predicted octanol–water partition coefficient (Wildman–Crippen LogP) is 2.75. The summed E-state index contributed by atoms with van der Waals surface area (Å²) in [5, 5.41) is 10.4. The number of nitrogen functional groups attached to an aromatic ring is 1.